The van der Waals surface area contributed by atoms with Gasteiger partial charge in [-0.05, 0) is 57.1 Å². The van der Waals surface area contributed by atoms with Crippen LogP contribution in [0.25, 0.3) is 11.3 Å². The summed E-state index contributed by atoms with van der Waals surface area (Å²) >= 11 is 0. The van der Waals surface area contributed by atoms with Gasteiger partial charge in [-0.15, -0.1) is 0 Å². The van der Waals surface area contributed by atoms with Crippen LogP contribution in [-0.2, 0) is 4.74 Å². The minimum atomic E-state index is -4.31. The Morgan fingerprint density at radius 1 is 1.22 bits per heavy atom. The van der Waals surface area contributed by atoms with Gasteiger partial charge >= 0.3 is 6.18 Å². The lowest BCUT2D eigenvalue weighted by Crippen LogP contribution is -2.50. The second kappa shape index (κ2) is 9.97. The third-order valence-corrected chi connectivity index (χ3v) is 7.53. The van der Waals surface area contributed by atoms with E-state index in [4.69, 9.17) is 9.47 Å². The van der Waals surface area contributed by atoms with Crippen molar-refractivity contribution in [1.82, 2.24) is 25.4 Å². The molecule has 5 heterocycles. The molecule has 8 nitrogen and oxygen atoms in total. The molecule has 0 aromatic carbocycles. The van der Waals surface area contributed by atoms with Crippen LogP contribution in [0.2, 0.25) is 0 Å². The van der Waals surface area contributed by atoms with Crippen molar-refractivity contribution < 1.29 is 31.8 Å². The van der Waals surface area contributed by atoms with E-state index in [0.717, 1.165) is 31.9 Å². The number of piperidine rings is 1. The zero-order valence-corrected chi connectivity index (χ0v) is 19.9. The third-order valence-electron chi connectivity index (χ3n) is 7.53. The molecule has 2 N–H and O–H groups in total. The average Bonchev–Trinajstić information content (AvgIpc) is 3.45. The number of aromatic amines is 1. The fourth-order valence-corrected chi connectivity index (χ4v) is 5.73. The highest BCUT2D eigenvalue weighted by Gasteiger charge is 2.45. The lowest BCUT2D eigenvalue weighted by molar-refractivity contribution is -0.232. The number of hydrogen-bond acceptors (Lipinski definition) is 6. The number of carbonyl (C=O) groups excluding carboxylic acids is 1. The van der Waals surface area contributed by atoms with Crippen molar-refractivity contribution in [2.45, 2.75) is 68.9 Å². The molecule has 5 atom stereocenters. The van der Waals surface area contributed by atoms with Crippen molar-refractivity contribution in [2.75, 3.05) is 20.3 Å². The number of halogens is 4. The lowest BCUT2D eigenvalue weighted by Gasteiger charge is -2.39. The maximum Gasteiger partial charge on any atom is 0.414 e. The number of carbonyl (C=O) groups is 1. The fourth-order valence-electron chi connectivity index (χ4n) is 5.73. The number of rotatable bonds is 6. The number of hydrogen-bond donors (Lipinski definition) is 2. The number of nitrogens with zero attached hydrogens (tertiary/aromatic N) is 3. The average molecular weight is 512 g/mol. The van der Waals surface area contributed by atoms with Gasteiger partial charge in [-0.2, -0.15) is 18.3 Å². The van der Waals surface area contributed by atoms with Crippen LogP contribution in [-0.4, -0.2) is 76.7 Å². The molecule has 3 aliphatic heterocycles. The summed E-state index contributed by atoms with van der Waals surface area (Å²) in [6, 6.07) is 3.07. The summed E-state index contributed by atoms with van der Waals surface area (Å²) in [5.74, 6) is -0.140. The first-order chi connectivity index (χ1) is 17.2. The third kappa shape index (κ3) is 5.06. The van der Waals surface area contributed by atoms with Crippen LogP contribution in [0.5, 0.6) is 5.88 Å². The van der Waals surface area contributed by atoms with E-state index in [-0.39, 0.29) is 48.5 Å². The van der Waals surface area contributed by atoms with E-state index < -0.39 is 18.1 Å². The number of ether oxygens (including phenoxy) is 2. The van der Waals surface area contributed by atoms with Gasteiger partial charge in [0.05, 0.1) is 25.6 Å². The highest BCUT2D eigenvalue weighted by atomic mass is 19.4. The van der Waals surface area contributed by atoms with Gasteiger partial charge in [0.25, 0.3) is 5.91 Å². The standard InChI is InChI=1S/C24H29F4N5O3/c1-35-22-8-17(18(25)11-30-22)19-9-20(32-31-19)23(34)33-15-3-4-16(33)7-13(6-15)10-29-14-2-5-21(36-12-14)24(26,27)28/h8-9,11,13-16,21,29H,2-7,10,12H2,1H3,(H,31,32)/t13?,14-,15-,16?,21-/m1/s1. The Balaban J connectivity index is 1.17. The SMILES string of the molecule is COc1cc(-c2cc(C(=O)N3C4CC[C@@H]3CC(CN[C@@H]3CC[C@H](C(F)(F)F)OC3)C4)[nH]n2)c(F)cn1. The summed E-state index contributed by atoms with van der Waals surface area (Å²) in [6.45, 7) is 0.748. The number of pyridine rings is 1. The molecular weight excluding hydrogens is 482 g/mol. The van der Waals surface area contributed by atoms with Gasteiger partial charge in [-0.25, -0.2) is 9.37 Å². The first-order valence-electron chi connectivity index (χ1n) is 12.2. The largest absolute Gasteiger partial charge is 0.481 e. The molecule has 36 heavy (non-hydrogen) atoms. The molecule has 3 fully saturated rings. The summed E-state index contributed by atoms with van der Waals surface area (Å²) in [6.07, 6.45) is -1.05. The molecule has 12 heteroatoms. The van der Waals surface area contributed by atoms with Crippen molar-refractivity contribution in [1.29, 1.82) is 0 Å². The quantitative estimate of drug-likeness (QED) is 0.575. The predicted molar refractivity (Wildman–Crippen MR) is 121 cm³/mol. The monoisotopic (exact) mass is 511 g/mol. The number of aromatic nitrogens is 3. The molecule has 2 aromatic rings. The van der Waals surface area contributed by atoms with Gasteiger partial charge in [0.15, 0.2) is 11.9 Å². The molecule has 1 amide bonds. The number of H-pyrrole nitrogens is 1. The summed E-state index contributed by atoms with van der Waals surface area (Å²) in [4.78, 5) is 19.1. The van der Waals surface area contributed by atoms with Gasteiger partial charge in [-0.1, -0.05) is 0 Å². The van der Waals surface area contributed by atoms with Crippen molar-refractivity contribution >= 4 is 5.91 Å². The fraction of sp³-hybridized carbons (Fsp3) is 0.625. The number of methoxy groups -OCH3 is 1. The highest BCUT2D eigenvalue weighted by Crippen LogP contribution is 2.40. The summed E-state index contributed by atoms with van der Waals surface area (Å²) in [5.41, 5.74) is 0.788. The molecule has 196 valence electrons. The van der Waals surface area contributed by atoms with Crippen LogP contribution in [0.3, 0.4) is 0 Å². The zero-order chi connectivity index (χ0) is 25.4. The van der Waals surface area contributed by atoms with Crippen molar-refractivity contribution in [3.8, 4) is 17.1 Å². The van der Waals surface area contributed by atoms with Crippen LogP contribution in [0.15, 0.2) is 18.3 Å². The van der Waals surface area contributed by atoms with Crippen LogP contribution in [0.4, 0.5) is 17.6 Å². The van der Waals surface area contributed by atoms with E-state index >= 15 is 0 Å². The summed E-state index contributed by atoms with van der Waals surface area (Å²) in [5, 5.41) is 10.3. The van der Waals surface area contributed by atoms with E-state index in [9.17, 15) is 22.4 Å². The van der Waals surface area contributed by atoms with E-state index in [2.05, 4.69) is 20.5 Å². The maximum absolute atomic E-state index is 14.3. The Kier molecular flexibility index (Phi) is 6.90. The van der Waals surface area contributed by atoms with Crippen molar-refractivity contribution in [3.05, 3.63) is 29.8 Å². The summed E-state index contributed by atoms with van der Waals surface area (Å²) in [7, 11) is 1.44. The number of alkyl halides is 3. The number of fused-ring (bicyclic) bond motifs is 2. The van der Waals surface area contributed by atoms with E-state index in [1.807, 2.05) is 4.90 Å². The molecule has 3 saturated heterocycles. The molecule has 2 unspecified atom stereocenters. The maximum atomic E-state index is 14.3. The lowest BCUT2D eigenvalue weighted by atomic mass is 9.90. The first kappa shape index (κ1) is 24.9. The summed E-state index contributed by atoms with van der Waals surface area (Å²) < 4.78 is 62.7. The molecule has 3 aliphatic rings. The second-order valence-corrected chi connectivity index (χ2v) is 9.85. The predicted octanol–water partition coefficient (Wildman–Crippen LogP) is 3.70. The molecule has 2 aromatic heterocycles. The molecule has 0 saturated carbocycles. The Labute approximate surface area is 205 Å². The second-order valence-electron chi connectivity index (χ2n) is 9.85. The number of amides is 1. The van der Waals surface area contributed by atoms with Crippen molar-refractivity contribution in [3.63, 3.8) is 0 Å². The van der Waals surface area contributed by atoms with E-state index in [1.54, 1.807) is 6.07 Å². The topological polar surface area (TPSA) is 92.4 Å². The van der Waals surface area contributed by atoms with Crippen LogP contribution in [0, 0.1) is 11.7 Å². The minimum Gasteiger partial charge on any atom is -0.481 e. The molecule has 2 bridgehead atoms. The molecular formula is C24H29F4N5O3. The van der Waals surface area contributed by atoms with Crippen LogP contribution < -0.4 is 10.1 Å². The van der Waals surface area contributed by atoms with Crippen LogP contribution >= 0.6 is 0 Å². The minimum absolute atomic E-state index is 0.0261. The molecule has 5 rings (SSSR count). The van der Waals surface area contributed by atoms with Gasteiger partial charge in [-0.3, -0.25) is 9.89 Å². The normalized spacial score (nSPS) is 28.4. The number of nitrogens with one attached hydrogen (secondary N) is 2. The molecule has 0 spiro atoms. The smallest absolute Gasteiger partial charge is 0.414 e. The van der Waals surface area contributed by atoms with Gasteiger partial charge in [0.1, 0.15) is 5.69 Å². The Morgan fingerprint density at radius 2 is 1.97 bits per heavy atom. The van der Waals surface area contributed by atoms with E-state index in [0.29, 0.717) is 30.3 Å². The van der Waals surface area contributed by atoms with E-state index in [1.165, 1.54) is 13.2 Å². The van der Waals surface area contributed by atoms with Gasteiger partial charge in [0.2, 0.25) is 5.88 Å². The van der Waals surface area contributed by atoms with Gasteiger partial charge < -0.3 is 19.7 Å². The first-order valence-corrected chi connectivity index (χ1v) is 12.2. The Bertz CT molecular complexity index is 1070. The van der Waals surface area contributed by atoms with Crippen LogP contribution in [0.1, 0.15) is 49.0 Å². The zero-order valence-electron chi connectivity index (χ0n) is 19.9. The molecule has 0 radical (unpaired) electrons. The molecule has 0 aliphatic carbocycles. The Hall–Kier alpha value is -2.73. The van der Waals surface area contributed by atoms with Gasteiger partial charge in [0, 0.05) is 29.8 Å². The highest BCUT2D eigenvalue weighted by molar-refractivity contribution is 5.94. The Morgan fingerprint density at radius 3 is 2.61 bits per heavy atom. The van der Waals surface area contributed by atoms with Crippen molar-refractivity contribution in [2.24, 2.45) is 5.92 Å².